The van der Waals surface area contributed by atoms with E-state index in [-0.39, 0.29) is 5.91 Å². The maximum atomic E-state index is 13.1. The van der Waals surface area contributed by atoms with Crippen molar-refractivity contribution < 1.29 is 9.59 Å². The molecular formula is C30H36N2O2. The maximum Gasteiger partial charge on any atom is 0.227 e. The summed E-state index contributed by atoms with van der Waals surface area (Å²) >= 11 is 0. The van der Waals surface area contributed by atoms with Crippen LogP contribution >= 0.6 is 0 Å². The van der Waals surface area contributed by atoms with Crippen LogP contribution in [0.3, 0.4) is 0 Å². The Hall–Kier alpha value is -2.46. The number of nitrogens with zero attached hydrogens (tertiary/aromatic N) is 2. The topological polar surface area (TPSA) is 40.6 Å². The summed E-state index contributed by atoms with van der Waals surface area (Å²) in [5, 5.41) is 0. The Labute approximate surface area is 203 Å². The molecule has 0 unspecified atom stereocenters. The highest BCUT2D eigenvalue weighted by Gasteiger charge is 2.32. The molecule has 1 amide bonds. The molecule has 0 bridgehead atoms. The molecule has 0 N–H and O–H groups in total. The van der Waals surface area contributed by atoms with Gasteiger partial charge in [0.15, 0.2) is 5.78 Å². The lowest BCUT2D eigenvalue weighted by Crippen LogP contribution is -2.41. The van der Waals surface area contributed by atoms with E-state index in [0.29, 0.717) is 30.6 Å². The fraction of sp³-hybridized carbons (Fsp3) is 0.533. The van der Waals surface area contributed by atoms with Gasteiger partial charge in [-0.15, -0.1) is 0 Å². The molecule has 4 heteroatoms. The van der Waals surface area contributed by atoms with Crippen LogP contribution in [-0.4, -0.2) is 42.3 Å². The van der Waals surface area contributed by atoms with Gasteiger partial charge in [-0.25, -0.2) is 0 Å². The number of rotatable bonds is 5. The van der Waals surface area contributed by atoms with Crippen molar-refractivity contribution in [1.82, 2.24) is 4.90 Å². The van der Waals surface area contributed by atoms with Crippen LogP contribution < -0.4 is 4.90 Å². The normalized spacial score (nSPS) is 21.3. The number of carbonyl (C=O) groups is 2. The van der Waals surface area contributed by atoms with Gasteiger partial charge in [0.2, 0.25) is 5.91 Å². The van der Waals surface area contributed by atoms with Gasteiger partial charge in [-0.2, -0.15) is 0 Å². The van der Waals surface area contributed by atoms with Crippen molar-refractivity contribution in [1.29, 1.82) is 0 Å². The molecule has 2 aromatic rings. The molecule has 3 heterocycles. The first-order valence-corrected chi connectivity index (χ1v) is 13.5. The molecule has 1 saturated heterocycles. The van der Waals surface area contributed by atoms with Crippen LogP contribution in [0.2, 0.25) is 0 Å². The number of benzene rings is 2. The van der Waals surface area contributed by atoms with Gasteiger partial charge in [0.1, 0.15) is 0 Å². The molecule has 34 heavy (non-hydrogen) atoms. The van der Waals surface area contributed by atoms with Crippen LogP contribution in [0.5, 0.6) is 0 Å². The largest absolute Gasteiger partial charge is 0.312 e. The van der Waals surface area contributed by atoms with E-state index in [1.165, 1.54) is 62.7 Å². The SMILES string of the molecule is O=C(CCC1CCN(C2CCc3ccccc3CC2)CC1)c1cc2c3c(c1)CCN3C(=O)CC2. The summed E-state index contributed by atoms with van der Waals surface area (Å²) in [5.41, 5.74) is 7.50. The quantitative estimate of drug-likeness (QED) is 0.462. The number of Topliss-reactive ketones (excluding diaryl/α,β-unsaturated/α-hetero) is 1. The third-order valence-electron chi connectivity index (χ3n) is 8.93. The molecule has 1 aliphatic carbocycles. The second kappa shape index (κ2) is 9.30. The lowest BCUT2D eigenvalue weighted by Gasteiger charge is -2.37. The number of anilines is 1. The van der Waals surface area contributed by atoms with Crippen LogP contribution in [0.4, 0.5) is 5.69 Å². The van der Waals surface area contributed by atoms with E-state index in [1.807, 2.05) is 4.90 Å². The van der Waals surface area contributed by atoms with E-state index >= 15 is 0 Å². The maximum absolute atomic E-state index is 13.1. The first-order chi connectivity index (χ1) is 16.7. The van der Waals surface area contributed by atoms with Crippen molar-refractivity contribution in [2.45, 2.75) is 76.7 Å². The lowest BCUT2D eigenvalue weighted by atomic mass is 9.88. The molecule has 6 rings (SSSR count). The second-order valence-electron chi connectivity index (χ2n) is 10.9. The fourth-order valence-corrected chi connectivity index (χ4v) is 6.90. The minimum atomic E-state index is 0.241. The Kier molecular flexibility index (Phi) is 6.02. The Morgan fingerprint density at radius 2 is 1.47 bits per heavy atom. The Balaban J connectivity index is 1.01. The van der Waals surface area contributed by atoms with Crippen molar-refractivity contribution in [3.05, 3.63) is 64.2 Å². The summed E-state index contributed by atoms with van der Waals surface area (Å²) < 4.78 is 0. The molecule has 178 valence electrons. The zero-order chi connectivity index (χ0) is 23.1. The summed E-state index contributed by atoms with van der Waals surface area (Å²) in [7, 11) is 0. The van der Waals surface area contributed by atoms with E-state index < -0.39 is 0 Å². The molecule has 1 fully saturated rings. The number of ketones is 1. The monoisotopic (exact) mass is 456 g/mol. The summed E-state index contributed by atoms with van der Waals surface area (Å²) in [6, 6.07) is 13.9. The molecule has 0 atom stereocenters. The summed E-state index contributed by atoms with van der Waals surface area (Å²) in [6.07, 6.45) is 11.4. The van der Waals surface area contributed by atoms with E-state index in [0.717, 1.165) is 37.1 Å². The van der Waals surface area contributed by atoms with Crippen LogP contribution in [0.1, 0.15) is 77.6 Å². The number of hydrogen-bond acceptors (Lipinski definition) is 3. The van der Waals surface area contributed by atoms with E-state index in [4.69, 9.17) is 0 Å². The molecule has 0 saturated carbocycles. The fourth-order valence-electron chi connectivity index (χ4n) is 6.90. The van der Waals surface area contributed by atoms with Crippen molar-refractivity contribution in [3.8, 4) is 0 Å². The number of fused-ring (bicyclic) bond motifs is 1. The Morgan fingerprint density at radius 3 is 2.18 bits per heavy atom. The number of piperidine rings is 1. The van der Waals surface area contributed by atoms with Crippen LogP contribution in [-0.2, 0) is 30.5 Å². The average Bonchev–Trinajstić information content (AvgIpc) is 3.19. The molecule has 0 spiro atoms. The van der Waals surface area contributed by atoms with E-state index in [1.54, 1.807) is 11.1 Å². The smallest absolute Gasteiger partial charge is 0.227 e. The predicted molar refractivity (Wildman–Crippen MR) is 136 cm³/mol. The van der Waals surface area contributed by atoms with Crippen molar-refractivity contribution >= 4 is 17.4 Å². The molecule has 3 aliphatic heterocycles. The minimum absolute atomic E-state index is 0.241. The predicted octanol–water partition coefficient (Wildman–Crippen LogP) is 5.14. The van der Waals surface area contributed by atoms with Crippen LogP contribution in [0, 0.1) is 5.92 Å². The third kappa shape index (κ3) is 4.22. The van der Waals surface area contributed by atoms with Crippen LogP contribution in [0.15, 0.2) is 36.4 Å². The number of aryl methyl sites for hydroxylation is 3. The highest BCUT2D eigenvalue weighted by atomic mass is 16.2. The van der Waals surface area contributed by atoms with Gasteiger partial charge >= 0.3 is 0 Å². The number of likely N-dealkylation sites (tertiary alicyclic amines) is 1. The van der Waals surface area contributed by atoms with Gasteiger partial charge in [-0.3, -0.25) is 9.59 Å². The van der Waals surface area contributed by atoms with E-state index in [2.05, 4.69) is 41.3 Å². The van der Waals surface area contributed by atoms with E-state index in [9.17, 15) is 9.59 Å². The van der Waals surface area contributed by atoms with Gasteiger partial charge in [-0.1, -0.05) is 24.3 Å². The standard InChI is InChI=1S/C30H36N2O2/c33-28(26-19-24-8-12-29(34)32-18-15-25(20-26)30(24)32)11-5-21-13-16-31(17-14-21)27-9-6-22-3-1-2-4-23(22)7-10-27/h1-4,19-21,27H,5-18H2. The zero-order valence-electron chi connectivity index (χ0n) is 20.2. The number of hydrogen-bond donors (Lipinski definition) is 0. The van der Waals surface area contributed by atoms with Crippen molar-refractivity contribution in [2.24, 2.45) is 5.92 Å². The Morgan fingerprint density at radius 1 is 0.794 bits per heavy atom. The molecule has 2 aromatic carbocycles. The average molecular weight is 457 g/mol. The third-order valence-corrected chi connectivity index (χ3v) is 8.93. The number of amides is 1. The summed E-state index contributed by atoms with van der Waals surface area (Å²) in [5.74, 6) is 1.20. The van der Waals surface area contributed by atoms with Gasteiger partial charge < -0.3 is 9.80 Å². The Bertz CT molecular complexity index is 1070. The van der Waals surface area contributed by atoms with Crippen molar-refractivity contribution in [3.63, 3.8) is 0 Å². The molecule has 0 radical (unpaired) electrons. The summed E-state index contributed by atoms with van der Waals surface area (Å²) in [4.78, 5) is 29.9. The molecule has 4 nitrogen and oxygen atoms in total. The van der Waals surface area contributed by atoms with Gasteiger partial charge in [0.05, 0.1) is 5.69 Å². The number of carbonyl (C=O) groups excluding carboxylic acids is 2. The van der Waals surface area contributed by atoms with Crippen molar-refractivity contribution in [2.75, 3.05) is 24.5 Å². The van der Waals surface area contributed by atoms with Gasteiger partial charge in [-0.05, 0) is 111 Å². The van der Waals surface area contributed by atoms with Gasteiger partial charge in [0, 0.05) is 31.0 Å². The molecular weight excluding hydrogens is 420 g/mol. The highest BCUT2D eigenvalue weighted by Crippen LogP contribution is 2.38. The van der Waals surface area contributed by atoms with Gasteiger partial charge in [0.25, 0.3) is 0 Å². The minimum Gasteiger partial charge on any atom is -0.312 e. The first-order valence-electron chi connectivity index (χ1n) is 13.5. The first kappa shape index (κ1) is 22.0. The zero-order valence-corrected chi connectivity index (χ0v) is 20.2. The second-order valence-corrected chi connectivity index (χ2v) is 10.9. The summed E-state index contributed by atoms with van der Waals surface area (Å²) in [6.45, 7) is 3.16. The highest BCUT2D eigenvalue weighted by molar-refractivity contribution is 6.02. The van der Waals surface area contributed by atoms with Crippen LogP contribution in [0.25, 0.3) is 0 Å². The molecule has 4 aliphatic rings. The molecule has 0 aromatic heterocycles. The lowest BCUT2D eigenvalue weighted by molar-refractivity contribution is -0.118.